The fourth-order valence-corrected chi connectivity index (χ4v) is 5.23. The van der Waals surface area contributed by atoms with Crippen molar-refractivity contribution in [3.05, 3.63) is 57.3 Å². The Morgan fingerprint density at radius 1 is 1.08 bits per heavy atom. The molecule has 1 aliphatic heterocycles. The summed E-state index contributed by atoms with van der Waals surface area (Å²) in [7, 11) is 0. The molecule has 0 saturated carbocycles. The Bertz CT molecular complexity index is 775. The van der Waals surface area contributed by atoms with Crippen LogP contribution in [-0.4, -0.2) is 35.0 Å². The SMILES string of the molecule is O=C(O)[C@@H]1CN(C(=O)c2cc3c(s2)CCCC3)C[C@@H]1c1ccccc1. The topological polar surface area (TPSA) is 57.6 Å². The maximum Gasteiger partial charge on any atom is 0.308 e. The number of aliphatic carboxylic acids is 1. The number of fused-ring (bicyclic) bond motifs is 1. The largest absolute Gasteiger partial charge is 0.481 e. The Morgan fingerprint density at radius 3 is 2.56 bits per heavy atom. The zero-order valence-electron chi connectivity index (χ0n) is 14.0. The Balaban J connectivity index is 1.57. The molecule has 2 atom stereocenters. The summed E-state index contributed by atoms with van der Waals surface area (Å²) in [6.07, 6.45) is 4.52. The van der Waals surface area contributed by atoms with Gasteiger partial charge in [-0.05, 0) is 42.9 Å². The van der Waals surface area contributed by atoms with Crippen molar-refractivity contribution in [2.24, 2.45) is 5.92 Å². The Morgan fingerprint density at radius 2 is 1.84 bits per heavy atom. The number of carbonyl (C=O) groups excluding carboxylic acids is 1. The molecular weight excluding hydrogens is 334 g/mol. The normalized spacial score (nSPS) is 22.6. The standard InChI is InChI=1S/C20H21NO3S/c22-19(18-10-14-8-4-5-9-17(14)25-18)21-11-15(16(12-21)20(23)24)13-6-2-1-3-7-13/h1-3,6-7,10,15-16H,4-5,8-9,11-12H2,(H,23,24)/t15-,16-/m1/s1. The lowest BCUT2D eigenvalue weighted by Gasteiger charge is -2.15. The van der Waals surface area contributed by atoms with Crippen LogP contribution in [0.3, 0.4) is 0 Å². The van der Waals surface area contributed by atoms with E-state index in [1.54, 1.807) is 16.2 Å². The van der Waals surface area contributed by atoms with Gasteiger partial charge in [0.2, 0.25) is 0 Å². The van der Waals surface area contributed by atoms with Crippen molar-refractivity contribution in [2.75, 3.05) is 13.1 Å². The molecule has 2 aliphatic rings. The predicted molar refractivity (Wildman–Crippen MR) is 97.2 cm³/mol. The van der Waals surface area contributed by atoms with Gasteiger partial charge in [-0.25, -0.2) is 0 Å². The molecule has 25 heavy (non-hydrogen) atoms. The predicted octanol–water partition coefficient (Wildman–Crippen LogP) is 3.57. The van der Waals surface area contributed by atoms with Crippen molar-refractivity contribution in [1.29, 1.82) is 0 Å². The van der Waals surface area contributed by atoms with Crippen LogP contribution >= 0.6 is 11.3 Å². The smallest absolute Gasteiger partial charge is 0.308 e. The summed E-state index contributed by atoms with van der Waals surface area (Å²) >= 11 is 1.60. The molecule has 1 amide bonds. The highest BCUT2D eigenvalue weighted by Gasteiger charge is 2.41. The number of nitrogens with zero attached hydrogens (tertiary/aromatic N) is 1. The minimum atomic E-state index is -0.824. The number of benzene rings is 1. The summed E-state index contributed by atoms with van der Waals surface area (Å²) in [5.41, 5.74) is 2.31. The maximum atomic E-state index is 13.0. The number of amides is 1. The number of rotatable bonds is 3. The van der Waals surface area contributed by atoms with E-state index in [-0.39, 0.29) is 18.4 Å². The van der Waals surface area contributed by atoms with Crippen molar-refractivity contribution in [2.45, 2.75) is 31.6 Å². The number of aryl methyl sites for hydroxylation is 2. The van der Waals surface area contributed by atoms with Crippen LogP contribution in [0.2, 0.25) is 0 Å². The molecule has 0 spiro atoms. The molecule has 1 aromatic carbocycles. The molecule has 2 aromatic rings. The molecule has 0 unspecified atom stereocenters. The van der Waals surface area contributed by atoms with Gasteiger partial charge in [-0.2, -0.15) is 0 Å². The van der Waals surface area contributed by atoms with E-state index in [1.807, 2.05) is 36.4 Å². The third kappa shape index (κ3) is 3.09. The highest BCUT2D eigenvalue weighted by Crippen LogP contribution is 2.36. The molecule has 4 nitrogen and oxygen atoms in total. The molecule has 1 saturated heterocycles. The minimum Gasteiger partial charge on any atom is -0.481 e. The molecule has 5 heteroatoms. The summed E-state index contributed by atoms with van der Waals surface area (Å²) in [4.78, 5) is 28.5. The molecule has 0 radical (unpaired) electrons. The second-order valence-corrected chi connectivity index (χ2v) is 8.07. The average Bonchev–Trinajstić information content (AvgIpc) is 3.26. The van der Waals surface area contributed by atoms with Crippen molar-refractivity contribution in [3.8, 4) is 0 Å². The Hall–Kier alpha value is -2.14. The van der Waals surface area contributed by atoms with Gasteiger partial charge in [-0.3, -0.25) is 9.59 Å². The third-order valence-electron chi connectivity index (χ3n) is 5.36. The fraction of sp³-hybridized carbons (Fsp3) is 0.400. The number of likely N-dealkylation sites (tertiary alicyclic amines) is 1. The van der Waals surface area contributed by atoms with Crippen LogP contribution in [0.5, 0.6) is 0 Å². The molecule has 1 fully saturated rings. The summed E-state index contributed by atoms with van der Waals surface area (Å²) in [5.74, 6) is -1.52. The van der Waals surface area contributed by atoms with Crippen LogP contribution in [0.4, 0.5) is 0 Å². The Labute approximate surface area is 151 Å². The minimum absolute atomic E-state index is 0.0101. The first-order valence-corrected chi connectivity index (χ1v) is 9.63. The zero-order valence-corrected chi connectivity index (χ0v) is 14.8. The average molecular weight is 355 g/mol. The van der Waals surface area contributed by atoms with Gasteiger partial charge in [-0.1, -0.05) is 30.3 Å². The lowest BCUT2D eigenvalue weighted by molar-refractivity contribution is -0.141. The van der Waals surface area contributed by atoms with Crippen molar-refractivity contribution in [1.82, 2.24) is 4.90 Å². The van der Waals surface area contributed by atoms with Crippen LogP contribution in [0.1, 0.15) is 44.4 Å². The van der Waals surface area contributed by atoms with E-state index >= 15 is 0 Å². The number of hydrogen-bond donors (Lipinski definition) is 1. The lowest BCUT2D eigenvalue weighted by Crippen LogP contribution is -2.29. The van der Waals surface area contributed by atoms with E-state index < -0.39 is 11.9 Å². The fourth-order valence-electron chi connectivity index (χ4n) is 4.01. The van der Waals surface area contributed by atoms with Gasteiger partial charge >= 0.3 is 5.97 Å². The summed E-state index contributed by atoms with van der Waals surface area (Å²) in [6.45, 7) is 0.763. The lowest BCUT2D eigenvalue weighted by atomic mass is 9.89. The van der Waals surface area contributed by atoms with E-state index in [2.05, 4.69) is 0 Å². The molecule has 130 valence electrons. The van der Waals surface area contributed by atoms with Crippen LogP contribution in [0.25, 0.3) is 0 Å². The van der Waals surface area contributed by atoms with E-state index in [1.165, 1.54) is 23.3 Å². The first-order valence-electron chi connectivity index (χ1n) is 8.82. The maximum absolute atomic E-state index is 13.0. The third-order valence-corrected chi connectivity index (χ3v) is 6.58. The number of thiophene rings is 1. The summed E-state index contributed by atoms with van der Waals surface area (Å²) in [5, 5.41) is 9.61. The van der Waals surface area contributed by atoms with Crippen LogP contribution in [-0.2, 0) is 17.6 Å². The molecule has 1 N–H and O–H groups in total. The second-order valence-electron chi connectivity index (χ2n) is 6.94. The first-order chi connectivity index (χ1) is 12.1. The van der Waals surface area contributed by atoms with Gasteiger partial charge in [-0.15, -0.1) is 11.3 Å². The van der Waals surface area contributed by atoms with Gasteiger partial charge in [0.15, 0.2) is 0 Å². The molecule has 1 aromatic heterocycles. The monoisotopic (exact) mass is 355 g/mol. The highest BCUT2D eigenvalue weighted by atomic mass is 32.1. The zero-order chi connectivity index (χ0) is 17.4. The van der Waals surface area contributed by atoms with E-state index in [0.717, 1.165) is 23.3 Å². The summed E-state index contributed by atoms with van der Waals surface area (Å²) < 4.78 is 0. The highest BCUT2D eigenvalue weighted by molar-refractivity contribution is 7.14. The van der Waals surface area contributed by atoms with Crippen molar-refractivity contribution >= 4 is 23.2 Å². The van der Waals surface area contributed by atoms with Crippen LogP contribution in [0.15, 0.2) is 36.4 Å². The number of carboxylic acid groups (broad SMARTS) is 1. The first kappa shape index (κ1) is 16.3. The van der Waals surface area contributed by atoms with Crippen molar-refractivity contribution in [3.63, 3.8) is 0 Å². The van der Waals surface area contributed by atoms with Gasteiger partial charge < -0.3 is 10.0 Å². The van der Waals surface area contributed by atoms with Crippen LogP contribution in [0, 0.1) is 5.92 Å². The van der Waals surface area contributed by atoms with Crippen molar-refractivity contribution < 1.29 is 14.7 Å². The molecule has 0 bridgehead atoms. The molecular formula is C20H21NO3S. The number of carbonyl (C=O) groups is 2. The van der Waals surface area contributed by atoms with E-state index in [4.69, 9.17) is 0 Å². The second kappa shape index (κ2) is 6.64. The van der Waals surface area contributed by atoms with Crippen LogP contribution < -0.4 is 0 Å². The van der Waals surface area contributed by atoms with E-state index in [0.29, 0.717) is 6.54 Å². The number of hydrogen-bond acceptors (Lipinski definition) is 3. The quantitative estimate of drug-likeness (QED) is 0.916. The van der Waals surface area contributed by atoms with Gasteiger partial charge in [0, 0.05) is 23.9 Å². The molecule has 1 aliphatic carbocycles. The summed E-state index contributed by atoms with van der Waals surface area (Å²) in [6, 6.07) is 11.7. The Kier molecular flexibility index (Phi) is 4.34. The van der Waals surface area contributed by atoms with Gasteiger partial charge in [0.25, 0.3) is 5.91 Å². The number of carboxylic acids is 1. The van der Waals surface area contributed by atoms with Gasteiger partial charge in [0.05, 0.1) is 10.8 Å². The molecule has 4 rings (SSSR count). The van der Waals surface area contributed by atoms with Gasteiger partial charge in [0.1, 0.15) is 0 Å². The van der Waals surface area contributed by atoms with E-state index in [9.17, 15) is 14.7 Å². The molecule has 2 heterocycles.